The third kappa shape index (κ3) is 3.87. The molecule has 2 aromatic rings. The van der Waals surface area contributed by atoms with Crippen LogP contribution >= 0.6 is 0 Å². The molecule has 2 saturated heterocycles. The van der Waals surface area contributed by atoms with Crippen molar-refractivity contribution >= 4 is 12.0 Å². The summed E-state index contributed by atoms with van der Waals surface area (Å²) in [7, 11) is 0. The van der Waals surface area contributed by atoms with Crippen molar-refractivity contribution in [3.63, 3.8) is 0 Å². The molecule has 0 spiro atoms. The van der Waals surface area contributed by atoms with Crippen LogP contribution in [-0.2, 0) is 10.9 Å². The highest BCUT2D eigenvalue weighted by Crippen LogP contribution is 2.33. The quantitative estimate of drug-likeness (QED) is 0.737. The van der Waals surface area contributed by atoms with Gasteiger partial charge in [0.1, 0.15) is 6.61 Å². The Hall–Kier alpha value is -3.37. The van der Waals surface area contributed by atoms with Crippen LogP contribution < -0.4 is 5.43 Å². The summed E-state index contributed by atoms with van der Waals surface area (Å²) in [5, 5.41) is 4.01. The number of amides is 2. The molecule has 0 saturated carbocycles. The van der Waals surface area contributed by atoms with E-state index in [2.05, 4.69) is 5.10 Å². The van der Waals surface area contributed by atoms with Crippen LogP contribution in [0.4, 0.5) is 18.0 Å². The van der Waals surface area contributed by atoms with Gasteiger partial charge in [-0.3, -0.25) is 14.5 Å². The van der Waals surface area contributed by atoms with Crippen LogP contribution in [0.15, 0.2) is 35.1 Å². The average Bonchev–Trinajstić information content (AvgIpc) is 3.36. The zero-order chi connectivity index (χ0) is 22.3. The van der Waals surface area contributed by atoms with E-state index in [1.807, 2.05) is 0 Å². The smallest absolute Gasteiger partial charge is 0.418 e. The van der Waals surface area contributed by atoms with Gasteiger partial charge in [0.2, 0.25) is 5.43 Å². The molecule has 2 aliphatic rings. The van der Waals surface area contributed by atoms with Gasteiger partial charge in [-0.1, -0.05) is 12.1 Å². The van der Waals surface area contributed by atoms with Gasteiger partial charge in [0.15, 0.2) is 5.69 Å². The maximum Gasteiger partial charge on any atom is 0.418 e. The molecular weight excluding hydrogens is 417 g/mol. The highest BCUT2D eigenvalue weighted by atomic mass is 19.4. The van der Waals surface area contributed by atoms with Gasteiger partial charge in [0, 0.05) is 24.8 Å². The second-order valence-electron chi connectivity index (χ2n) is 7.43. The Bertz CT molecular complexity index is 1100. The van der Waals surface area contributed by atoms with Crippen LogP contribution in [0.3, 0.4) is 0 Å². The van der Waals surface area contributed by atoms with Crippen molar-refractivity contribution in [3.8, 4) is 5.69 Å². The first kappa shape index (κ1) is 20.9. The van der Waals surface area contributed by atoms with Crippen molar-refractivity contribution < 1.29 is 27.5 Å². The van der Waals surface area contributed by atoms with E-state index < -0.39 is 34.9 Å². The number of aromatic nitrogens is 2. The number of ether oxygens (including phenoxy) is 1. The molecule has 4 rings (SSSR count). The molecule has 3 heterocycles. The summed E-state index contributed by atoms with van der Waals surface area (Å²) < 4.78 is 46.2. The van der Waals surface area contributed by atoms with Gasteiger partial charge in [-0.15, -0.1) is 0 Å². The minimum atomic E-state index is -4.63. The van der Waals surface area contributed by atoms with Gasteiger partial charge in [-0.2, -0.15) is 18.3 Å². The summed E-state index contributed by atoms with van der Waals surface area (Å²) >= 11 is 0. The number of para-hydroxylation sites is 1. The standard InChI is InChI=1S/C20H19F3N4O4/c1-12-10-16(28)17(24-27(12)15-5-3-2-4-14(15)20(21,22)23)18(29)25-7-6-13(11-25)26-8-9-31-19(26)30/h2-5,10,13H,6-9,11H2,1H3. The normalized spacial score (nSPS) is 19.1. The van der Waals surface area contributed by atoms with Gasteiger partial charge in [-0.05, 0) is 25.5 Å². The molecule has 2 aliphatic heterocycles. The van der Waals surface area contributed by atoms with Crippen molar-refractivity contribution in [3.05, 3.63) is 57.5 Å². The van der Waals surface area contributed by atoms with Crippen LogP contribution in [0.25, 0.3) is 5.69 Å². The van der Waals surface area contributed by atoms with Crippen LogP contribution in [0.1, 0.15) is 28.2 Å². The number of cyclic esters (lactones) is 1. The summed E-state index contributed by atoms with van der Waals surface area (Å²) in [5.41, 5.74) is -2.18. The minimum Gasteiger partial charge on any atom is -0.448 e. The number of nitrogens with zero attached hydrogens (tertiary/aromatic N) is 4. The van der Waals surface area contributed by atoms with E-state index in [1.54, 1.807) is 0 Å². The third-order valence-corrected chi connectivity index (χ3v) is 5.43. The van der Waals surface area contributed by atoms with Crippen LogP contribution in [0.5, 0.6) is 0 Å². The van der Waals surface area contributed by atoms with Crippen molar-refractivity contribution in [1.82, 2.24) is 19.6 Å². The lowest BCUT2D eigenvalue weighted by Gasteiger charge is -2.22. The molecule has 1 aromatic heterocycles. The molecule has 0 aliphatic carbocycles. The third-order valence-electron chi connectivity index (χ3n) is 5.43. The molecule has 1 aromatic carbocycles. The number of aryl methyl sites for hydroxylation is 1. The van der Waals surface area contributed by atoms with Crippen molar-refractivity contribution in [2.24, 2.45) is 0 Å². The summed E-state index contributed by atoms with van der Waals surface area (Å²) in [5.74, 6) is -0.682. The number of benzene rings is 1. The predicted molar refractivity (Wildman–Crippen MR) is 102 cm³/mol. The Labute approximate surface area is 174 Å². The predicted octanol–water partition coefficient (Wildman–Crippen LogP) is 2.23. The lowest BCUT2D eigenvalue weighted by Crippen LogP contribution is -2.40. The molecule has 2 amide bonds. The maximum absolute atomic E-state index is 13.5. The zero-order valence-corrected chi connectivity index (χ0v) is 16.6. The highest BCUT2D eigenvalue weighted by molar-refractivity contribution is 5.92. The van der Waals surface area contributed by atoms with Gasteiger partial charge >= 0.3 is 12.3 Å². The molecule has 31 heavy (non-hydrogen) atoms. The number of likely N-dealkylation sites (tertiary alicyclic amines) is 1. The second kappa shape index (κ2) is 7.71. The van der Waals surface area contributed by atoms with E-state index in [-0.39, 0.29) is 30.6 Å². The van der Waals surface area contributed by atoms with Gasteiger partial charge < -0.3 is 9.64 Å². The van der Waals surface area contributed by atoms with Gasteiger partial charge in [0.25, 0.3) is 5.91 Å². The average molecular weight is 436 g/mol. The number of rotatable bonds is 3. The fraction of sp³-hybridized carbons (Fsp3) is 0.400. The number of alkyl halides is 3. The van der Waals surface area contributed by atoms with Gasteiger partial charge in [-0.25, -0.2) is 9.48 Å². The fourth-order valence-corrected chi connectivity index (χ4v) is 3.91. The molecular formula is C20H19F3N4O4. The summed E-state index contributed by atoms with van der Waals surface area (Å²) in [6.45, 7) is 2.64. The number of hydrogen-bond acceptors (Lipinski definition) is 5. The first-order chi connectivity index (χ1) is 14.7. The topological polar surface area (TPSA) is 84.7 Å². The van der Waals surface area contributed by atoms with E-state index in [0.29, 0.717) is 19.5 Å². The molecule has 2 fully saturated rings. The number of carbonyl (C=O) groups is 2. The molecule has 1 unspecified atom stereocenters. The molecule has 0 bridgehead atoms. The van der Waals surface area contributed by atoms with Crippen LogP contribution in [-0.4, -0.2) is 63.9 Å². The maximum atomic E-state index is 13.5. The first-order valence-corrected chi connectivity index (χ1v) is 9.67. The van der Waals surface area contributed by atoms with E-state index in [0.717, 1.165) is 16.8 Å². The molecule has 11 heteroatoms. The molecule has 0 radical (unpaired) electrons. The Morgan fingerprint density at radius 2 is 1.94 bits per heavy atom. The summed E-state index contributed by atoms with van der Waals surface area (Å²) in [4.78, 5) is 40.1. The lowest BCUT2D eigenvalue weighted by atomic mass is 10.1. The molecule has 8 nitrogen and oxygen atoms in total. The summed E-state index contributed by atoms with van der Waals surface area (Å²) in [6, 6.07) is 5.68. The van der Waals surface area contributed by atoms with Crippen LogP contribution in [0.2, 0.25) is 0 Å². The summed E-state index contributed by atoms with van der Waals surface area (Å²) in [6.07, 6.45) is -4.57. The van der Waals surface area contributed by atoms with Crippen molar-refractivity contribution in [2.75, 3.05) is 26.2 Å². The van der Waals surface area contributed by atoms with E-state index in [4.69, 9.17) is 4.74 Å². The molecule has 1 atom stereocenters. The molecule has 0 N–H and O–H groups in total. The zero-order valence-electron chi connectivity index (χ0n) is 16.6. The fourth-order valence-electron chi connectivity index (χ4n) is 3.91. The second-order valence-corrected chi connectivity index (χ2v) is 7.43. The minimum absolute atomic E-state index is 0.164. The van der Waals surface area contributed by atoms with E-state index in [1.165, 1.54) is 34.9 Å². The highest BCUT2D eigenvalue weighted by Gasteiger charge is 2.38. The van der Waals surface area contributed by atoms with E-state index >= 15 is 0 Å². The SMILES string of the molecule is Cc1cc(=O)c(C(=O)N2CCC(N3CCOC3=O)C2)nn1-c1ccccc1C(F)(F)F. The monoisotopic (exact) mass is 436 g/mol. The van der Waals surface area contributed by atoms with E-state index in [9.17, 15) is 27.6 Å². The van der Waals surface area contributed by atoms with Crippen LogP contribution in [0, 0.1) is 6.92 Å². The number of hydrogen-bond donors (Lipinski definition) is 0. The Balaban J connectivity index is 1.66. The Kier molecular flexibility index (Phi) is 5.19. The Morgan fingerprint density at radius 1 is 1.19 bits per heavy atom. The molecule has 164 valence electrons. The number of halogens is 3. The van der Waals surface area contributed by atoms with Crippen molar-refractivity contribution in [1.29, 1.82) is 0 Å². The largest absolute Gasteiger partial charge is 0.448 e. The lowest BCUT2D eigenvalue weighted by molar-refractivity contribution is -0.137. The number of carbonyl (C=O) groups excluding carboxylic acids is 2. The first-order valence-electron chi connectivity index (χ1n) is 9.67. The van der Waals surface area contributed by atoms with Gasteiger partial charge in [0.05, 0.1) is 23.8 Å². The van der Waals surface area contributed by atoms with Crippen molar-refractivity contribution in [2.45, 2.75) is 25.6 Å². The Morgan fingerprint density at radius 3 is 2.61 bits per heavy atom.